The predicted octanol–water partition coefficient (Wildman–Crippen LogP) is 2.72. The van der Waals surface area contributed by atoms with E-state index in [9.17, 15) is 4.79 Å². The molecule has 3 N–H and O–H groups in total. The van der Waals surface area contributed by atoms with E-state index >= 15 is 0 Å². The molecule has 2 fully saturated rings. The first-order valence-corrected chi connectivity index (χ1v) is 8.95. The SMILES string of the molecule is Cc1ccc(Cl)cc1N1CC[C@H](CNC(=O)[C@@H]2CC[C@H](N)C2)C1. The Morgan fingerprint density at radius 3 is 2.96 bits per heavy atom. The van der Waals surface area contributed by atoms with Gasteiger partial charge in [0.25, 0.3) is 0 Å². The number of carbonyl (C=O) groups excluding carboxylic acids is 1. The molecule has 1 saturated carbocycles. The van der Waals surface area contributed by atoms with Crippen LogP contribution in [-0.4, -0.2) is 31.6 Å². The Balaban J connectivity index is 1.50. The van der Waals surface area contributed by atoms with Gasteiger partial charge in [-0.1, -0.05) is 17.7 Å². The first-order valence-electron chi connectivity index (χ1n) is 8.57. The van der Waals surface area contributed by atoms with Gasteiger partial charge in [0.2, 0.25) is 5.91 Å². The summed E-state index contributed by atoms with van der Waals surface area (Å²) >= 11 is 6.12. The van der Waals surface area contributed by atoms with Gasteiger partial charge >= 0.3 is 0 Å². The maximum atomic E-state index is 12.2. The topological polar surface area (TPSA) is 58.4 Å². The lowest BCUT2D eigenvalue weighted by Crippen LogP contribution is -2.35. The molecule has 1 amide bonds. The number of benzene rings is 1. The Bertz CT molecular complexity index is 577. The van der Waals surface area contributed by atoms with E-state index in [0.29, 0.717) is 5.92 Å². The van der Waals surface area contributed by atoms with Crippen LogP contribution in [0.3, 0.4) is 0 Å². The van der Waals surface area contributed by atoms with Crippen LogP contribution in [-0.2, 0) is 4.79 Å². The minimum Gasteiger partial charge on any atom is -0.371 e. The summed E-state index contributed by atoms with van der Waals surface area (Å²) in [6.45, 7) is 4.88. The summed E-state index contributed by atoms with van der Waals surface area (Å²) in [5.41, 5.74) is 8.36. The van der Waals surface area contributed by atoms with Crippen molar-refractivity contribution in [3.63, 3.8) is 0 Å². The monoisotopic (exact) mass is 335 g/mol. The third-order valence-electron chi connectivity index (χ3n) is 5.21. The van der Waals surface area contributed by atoms with Crippen LogP contribution in [0.15, 0.2) is 18.2 Å². The van der Waals surface area contributed by atoms with E-state index < -0.39 is 0 Å². The third kappa shape index (κ3) is 3.99. The van der Waals surface area contributed by atoms with Gasteiger partial charge in [0, 0.05) is 42.3 Å². The summed E-state index contributed by atoms with van der Waals surface area (Å²) in [6.07, 6.45) is 3.86. The molecule has 0 bridgehead atoms. The Morgan fingerprint density at radius 1 is 1.39 bits per heavy atom. The zero-order valence-corrected chi connectivity index (χ0v) is 14.5. The van der Waals surface area contributed by atoms with Gasteiger partial charge in [-0.25, -0.2) is 0 Å². The summed E-state index contributed by atoms with van der Waals surface area (Å²) < 4.78 is 0. The number of hydrogen-bond donors (Lipinski definition) is 2. The van der Waals surface area contributed by atoms with E-state index in [2.05, 4.69) is 23.2 Å². The number of anilines is 1. The van der Waals surface area contributed by atoms with Crippen molar-refractivity contribution < 1.29 is 4.79 Å². The Morgan fingerprint density at radius 2 is 2.22 bits per heavy atom. The quantitative estimate of drug-likeness (QED) is 0.889. The second-order valence-corrected chi connectivity index (χ2v) is 7.48. The molecule has 126 valence electrons. The lowest BCUT2D eigenvalue weighted by atomic mass is 10.1. The van der Waals surface area contributed by atoms with Crippen molar-refractivity contribution in [2.45, 2.75) is 38.6 Å². The van der Waals surface area contributed by atoms with Crippen LogP contribution in [0.1, 0.15) is 31.2 Å². The van der Waals surface area contributed by atoms with Crippen molar-refractivity contribution in [3.8, 4) is 0 Å². The smallest absolute Gasteiger partial charge is 0.223 e. The highest BCUT2D eigenvalue weighted by molar-refractivity contribution is 6.30. The second-order valence-electron chi connectivity index (χ2n) is 7.05. The minimum atomic E-state index is 0.123. The Hall–Kier alpha value is -1.26. The molecule has 1 saturated heterocycles. The van der Waals surface area contributed by atoms with Gasteiger partial charge in [-0.3, -0.25) is 4.79 Å². The molecule has 1 aliphatic heterocycles. The molecule has 23 heavy (non-hydrogen) atoms. The first-order chi connectivity index (χ1) is 11.0. The average molecular weight is 336 g/mol. The molecule has 2 aliphatic rings. The third-order valence-corrected chi connectivity index (χ3v) is 5.44. The molecule has 5 heteroatoms. The molecule has 4 nitrogen and oxygen atoms in total. The number of halogens is 1. The molecule has 0 radical (unpaired) electrons. The minimum absolute atomic E-state index is 0.123. The van der Waals surface area contributed by atoms with Crippen LogP contribution >= 0.6 is 11.6 Å². The summed E-state index contributed by atoms with van der Waals surface area (Å²) in [6, 6.07) is 6.24. The van der Waals surface area contributed by atoms with E-state index in [4.69, 9.17) is 17.3 Å². The zero-order chi connectivity index (χ0) is 16.4. The molecule has 0 spiro atoms. The van der Waals surface area contributed by atoms with Crippen LogP contribution in [0, 0.1) is 18.8 Å². The van der Waals surface area contributed by atoms with Gasteiger partial charge in [-0.2, -0.15) is 0 Å². The lowest BCUT2D eigenvalue weighted by Gasteiger charge is -2.21. The molecule has 0 aromatic heterocycles. The van der Waals surface area contributed by atoms with Gasteiger partial charge in [-0.15, -0.1) is 0 Å². The number of nitrogens with one attached hydrogen (secondary N) is 1. The molecule has 1 heterocycles. The predicted molar refractivity (Wildman–Crippen MR) is 94.8 cm³/mol. The normalized spacial score (nSPS) is 27.4. The van der Waals surface area contributed by atoms with Crippen LogP contribution in [0.25, 0.3) is 0 Å². The number of amides is 1. The van der Waals surface area contributed by atoms with Gasteiger partial charge in [0.05, 0.1) is 0 Å². The highest BCUT2D eigenvalue weighted by atomic mass is 35.5. The first kappa shape index (κ1) is 16.6. The summed E-state index contributed by atoms with van der Waals surface area (Å²) in [4.78, 5) is 14.6. The fourth-order valence-electron chi connectivity index (χ4n) is 3.79. The summed E-state index contributed by atoms with van der Waals surface area (Å²) in [5.74, 6) is 0.820. The van der Waals surface area contributed by atoms with Crippen molar-refractivity contribution in [2.24, 2.45) is 17.6 Å². The molecule has 1 aliphatic carbocycles. The van der Waals surface area contributed by atoms with Gasteiger partial charge in [0.1, 0.15) is 0 Å². The van der Waals surface area contributed by atoms with Gasteiger partial charge in [-0.05, 0) is 56.2 Å². The average Bonchev–Trinajstić information content (AvgIpc) is 3.16. The standard InChI is InChI=1S/C18H26ClN3O/c1-12-2-4-15(19)9-17(12)22-7-6-13(11-22)10-21-18(23)14-3-5-16(20)8-14/h2,4,9,13-14,16H,3,5-8,10-11,20H2,1H3,(H,21,23)/t13-,14-,16+/m1/s1. The second kappa shape index (κ2) is 7.10. The van der Waals surface area contributed by atoms with E-state index in [0.717, 1.165) is 50.3 Å². The Kier molecular flexibility index (Phi) is 5.12. The highest BCUT2D eigenvalue weighted by Gasteiger charge is 2.29. The van der Waals surface area contributed by atoms with Crippen molar-refractivity contribution in [3.05, 3.63) is 28.8 Å². The lowest BCUT2D eigenvalue weighted by molar-refractivity contribution is -0.125. The molecular weight excluding hydrogens is 310 g/mol. The van der Waals surface area contributed by atoms with Crippen molar-refractivity contribution >= 4 is 23.2 Å². The van der Waals surface area contributed by atoms with Crippen LogP contribution < -0.4 is 16.0 Å². The van der Waals surface area contributed by atoms with Crippen molar-refractivity contribution in [1.82, 2.24) is 5.32 Å². The molecule has 0 unspecified atom stereocenters. The fraction of sp³-hybridized carbons (Fsp3) is 0.611. The molecule has 1 aromatic rings. The van der Waals surface area contributed by atoms with Crippen LogP contribution in [0.4, 0.5) is 5.69 Å². The summed E-state index contributed by atoms with van der Waals surface area (Å²) in [5, 5.41) is 3.92. The molecule has 1 aromatic carbocycles. The molecule has 3 rings (SSSR count). The van der Waals surface area contributed by atoms with Crippen molar-refractivity contribution in [1.29, 1.82) is 0 Å². The Labute approximate surface area is 143 Å². The van der Waals surface area contributed by atoms with Crippen molar-refractivity contribution in [2.75, 3.05) is 24.5 Å². The zero-order valence-electron chi connectivity index (χ0n) is 13.7. The van der Waals surface area contributed by atoms with E-state index in [-0.39, 0.29) is 17.9 Å². The maximum absolute atomic E-state index is 12.2. The van der Waals surface area contributed by atoms with E-state index in [1.165, 1.54) is 11.3 Å². The molecular formula is C18H26ClN3O. The largest absolute Gasteiger partial charge is 0.371 e. The fourth-order valence-corrected chi connectivity index (χ4v) is 3.95. The van der Waals surface area contributed by atoms with Crippen LogP contribution in [0.2, 0.25) is 5.02 Å². The maximum Gasteiger partial charge on any atom is 0.223 e. The van der Waals surface area contributed by atoms with Gasteiger partial charge < -0.3 is 16.0 Å². The van der Waals surface area contributed by atoms with Crippen LogP contribution in [0.5, 0.6) is 0 Å². The molecule has 3 atom stereocenters. The number of rotatable bonds is 4. The number of carbonyl (C=O) groups is 1. The number of aryl methyl sites for hydroxylation is 1. The van der Waals surface area contributed by atoms with E-state index in [1.807, 2.05) is 12.1 Å². The summed E-state index contributed by atoms with van der Waals surface area (Å²) in [7, 11) is 0. The highest BCUT2D eigenvalue weighted by Crippen LogP contribution is 2.29. The van der Waals surface area contributed by atoms with Gasteiger partial charge in [0.15, 0.2) is 0 Å². The number of hydrogen-bond acceptors (Lipinski definition) is 3. The number of nitrogens with zero attached hydrogens (tertiary/aromatic N) is 1. The van der Waals surface area contributed by atoms with E-state index in [1.54, 1.807) is 0 Å². The number of nitrogens with two attached hydrogens (primary N) is 1.